The minimum atomic E-state index is -3.46. The predicted molar refractivity (Wildman–Crippen MR) is 78.4 cm³/mol. The van der Waals surface area contributed by atoms with Gasteiger partial charge >= 0.3 is 10.2 Å². The lowest BCUT2D eigenvalue weighted by molar-refractivity contribution is 0.457. The highest BCUT2D eigenvalue weighted by atomic mass is 32.2. The van der Waals surface area contributed by atoms with Gasteiger partial charge in [0.05, 0.1) is 11.4 Å². The van der Waals surface area contributed by atoms with Crippen molar-refractivity contribution in [2.45, 2.75) is 26.2 Å². The maximum absolute atomic E-state index is 12.5. The number of hydrogen-bond acceptors (Lipinski definition) is 3. The first kappa shape index (κ1) is 14.1. The van der Waals surface area contributed by atoms with E-state index in [2.05, 4.69) is 0 Å². The molecule has 0 saturated carbocycles. The number of anilines is 2. The van der Waals surface area contributed by atoms with Crippen LogP contribution < -0.4 is 10.0 Å². The van der Waals surface area contributed by atoms with E-state index in [1.807, 2.05) is 19.1 Å². The summed E-state index contributed by atoms with van der Waals surface area (Å²) in [6.07, 6.45) is 2.56. The van der Waals surface area contributed by atoms with E-state index in [1.165, 1.54) is 8.61 Å². The fourth-order valence-corrected chi connectivity index (χ4v) is 3.82. The largest absolute Gasteiger partial charge is 0.397 e. The standard InChI is InChI=1S/C13H21N3O2S/c1-3-4-9-15(2)19(17,18)16-10-8-11-6-5-7-12(14)13(11)16/h5-7H,3-4,8-10,14H2,1-2H3. The van der Waals surface area contributed by atoms with Crippen molar-refractivity contribution in [3.63, 3.8) is 0 Å². The molecular weight excluding hydrogens is 262 g/mol. The van der Waals surface area contributed by atoms with Crippen LogP contribution in [0.2, 0.25) is 0 Å². The van der Waals surface area contributed by atoms with Crippen molar-refractivity contribution in [3.05, 3.63) is 23.8 Å². The number of para-hydroxylation sites is 1. The summed E-state index contributed by atoms with van der Waals surface area (Å²) in [5, 5.41) is 0. The number of benzene rings is 1. The molecule has 0 spiro atoms. The molecule has 1 aromatic carbocycles. The molecule has 0 bridgehead atoms. The highest BCUT2D eigenvalue weighted by Gasteiger charge is 2.33. The number of nitrogen functional groups attached to an aromatic ring is 1. The Hall–Kier alpha value is -1.27. The van der Waals surface area contributed by atoms with Crippen molar-refractivity contribution in [2.75, 3.05) is 30.2 Å². The maximum atomic E-state index is 12.5. The third-order valence-electron chi connectivity index (χ3n) is 3.48. The van der Waals surface area contributed by atoms with E-state index in [1.54, 1.807) is 13.1 Å². The molecule has 1 aliphatic heterocycles. The normalized spacial score (nSPS) is 15.0. The van der Waals surface area contributed by atoms with Gasteiger partial charge in [0.2, 0.25) is 0 Å². The van der Waals surface area contributed by atoms with Crippen LogP contribution in [-0.4, -0.2) is 32.9 Å². The molecule has 2 N–H and O–H groups in total. The monoisotopic (exact) mass is 283 g/mol. The zero-order valence-corrected chi connectivity index (χ0v) is 12.3. The number of nitrogens with zero attached hydrogens (tertiary/aromatic N) is 2. The Morgan fingerprint density at radius 3 is 2.84 bits per heavy atom. The van der Waals surface area contributed by atoms with Crippen LogP contribution in [0.4, 0.5) is 11.4 Å². The molecule has 0 unspecified atom stereocenters. The van der Waals surface area contributed by atoms with Crippen LogP contribution in [0.1, 0.15) is 25.3 Å². The average molecular weight is 283 g/mol. The number of nitrogens with two attached hydrogens (primary N) is 1. The topological polar surface area (TPSA) is 66.6 Å². The van der Waals surface area contributed by atoms with Crippen LogP contribution in [0.25, 0.3) is 0 Å². The zero-order chi connectivity index (χ0) is 14.0. The van der Waals surface area contributed by atoms with E-state index < -0.39 is 10.2 Å². The summed E-state index contributed by atoms with van der Waals surface area (Å²) < 4.78 is 28.0. The summed E-state index contributed by atoms with van der Waals surface area (Å²) in [7, 11) is -1.83. The van der Waals surface area contributed by atoms with Gasteiger partial charge in [0.15, 0.2) is 0 Å². The van der Waals surface area contributed by atoms with Crippen LogP contribution in [0.3, 0.4) is 0 Å². The van der Waals surface area contributed by atoms with Crippen LogP contribution in [0, 0.1) is 0 Å². The Labute approximate surface area is 115 Å². The molecule has 0 fully saturated rings. The lowest BCUT2D eigenvalue weighted by atomic mass is 10.1. The molecule has 0 aliphatic carbocycles. The Morgan fingerprint density at radius 1 is 1.42 bits per heavy atom. The van der Waals surface area contributed by atoms with Gasteiger partial charge in [-0.1, -0.05) is 25.5 Å². The van der Waals surface area contributed by atoms with Crippen molar-refractivity contribution in [1.82, 2.24) is 4.31 Å². The van der Waals surface area contributed by atoms with Gasteiger partial charge in [-0.25, -0.2) is 0 Å². The van der Waals surface area contributed by atoms with E-state index >= 15 is 0 Å². The third kappa shape index (κ3) is 2.55. The minimum Gasteiger partial charge on any atom is -0.397 e. The molecule has 0 atom stereocenters. The second kappa shape index (κ2) is 5.38. The quantitative estimate of drug-likeness (QED) is 0.835. The summed E-state index contributed by atoms with van der Waals surface area (Å²) in [5.74, 6) is 0. The number of rotatable bonds is 5. The molecule has 1 aromatic rings. The van der Waals surface area contributed by atoms with Crippen molar-refractivity contribution in [1.29, 1.82) is 0 Å². The van der Waals surface area contributed by atoms with Crippen molar-refractivity contribution in [3.8, 4) is 0 Å². The molecule has 0 aromatic heterocycles. The summed E-state index contributed by atoms with van der Waals surface area (Å²) in [5.41, 5.74) is 8.13. The summed E-state index contributed by atoms with van der Waals surface area (Å²) in [6.45, 7) is 3.06. The maximum Gasteiger partial charge on any atom is 0.303 e. The van der Waals surface area contributed by atoms with Crippen molar-refractivity contribution < 1.29 is 8.42 Å². The SMILES string of the molecule is CCCCN(C)S(=O)(=O)N1CCc2cccc(N)c21. The molecule has 1 aliphatic rings. The highest BCUT2D eigenvalue weighted by Crippen LogP contribution is 2.36. The molecule has 0 amide bonds. The predicted octanol–water partition coefficient (Wildman–Crippen LogP) is 1.61. The molecule has 1 heterocycles. The lowest BCUT2D eigenvalue weighted by Crippen LogP contribution is -2.41. The average Bonchev–Trinajstić information content (AvgIpc) is 2.81. The fraction of sp³-hybridized carbons (Fsp3) is 0.538. The van der Waals surface area contributed by atoms with Gasteiger partial charge in [-0.15, -0.1) is 0 Å². The van der Waals surface area contributed by atoms with E-state index in [0.717, 1.165) is 24.8 Å². The van der Waals surface area contributed by atoms with Gasteiger partial charge in [0, 0.05) is 20.1 Å². The number of hydrogen-bond donors (Lipinski definition) is 1. The van der Waals surface area contributed by atoms with Gasteiger partial charge in [-0.3, -0.25) is 4.31 Å². The van der Waals surface area contributed by atoms with Gasteiger partial charge in [-0.2, -0.15) is 12.7 Å². The fourth-order valence-electron chi connectivity index (χ4n) is 2.35. The smallest absolute Gasteiger partial charge is 0.303 e. The van der Waals surface area contributed by atoms with Crippen molar-refractivity contribution >= 4 is 21.6 Å². The number of unbranched alkanes of at least 4 members (excludes halogenated alkanes) is 1. The first-order valence-corrected chi connectivity index (χ1v) is 7.99. The van der Waals surface area contributed by atoms with E-state index in [0.29, 0.717) is 24.5 Å². The van der Waals surface area contributed by atoms with Gasteiger partial charge in [0.1, 0.15) is 0 Å². The Balaban J connectivity index is 2.30. The van der Waals surface area contributed by atoms with Crippen molar-refractivity contribution in [2.24, 2.45) is 0 Å². The highest BCUT2D eigenvalue weighted by molar-refractivity contribution is 7.90. The van der Waals surface area contributed by atoms with Gasteiger partial charge < -0.3 is 5.73 Å². The second-order valence-corrected chi connectivity index (χ2v) is 6.82. The molecule has 0 saturated heterocycles. The Kier molecular flexibility index (Phi) is 4.01. The van der Waals surface area contributed by atoms with Gasteiger partial charge in [-0.05, 0) is 24.5 Å². The van der Waals surface area contributed by atoms with E-state index in [9.17, 15) is 8.42 Å². The van der Waals surface area contributed by atoms with E-state index in [4.69, 9.17) is 5.73 Å². The number of fused-ring (bicyclic) bond motifs is 1. The first-order valence-electron chi connectivity index (χ1n) is 6.60. The van der Waals surface area contributed by atoms with Crippen LogP contribution in [-0.2, 0) is 16.6 Å². The minimum absolute atomic E-state index is 0.475. The van der Waals surface area contributed by atoms with E-state index in [-0.39, 0.29) is 0 Å². The Morgan fingerprint density at radius 2 is 2.16 bits per heavy atom. The van der Waals surface area contributed by atoms with Gasteiger partial charge in [0.25, 0.3) is 0 Å². The Bertz CT molecular complexity index is 557. The molecule has 106 valence electrons. The lowest BCUT2D eigenvalue weighted by Gasteiger charge is -2.26. The van der Waals surface area contributed by atoms with Crippen LogP contribution in [0.15, 0.2) is 18.2 Å². The molecule has 2 rings (SSSR count). The van der Waals surface area contributed by atoms with Crippen LogP contribution in [0.5, 0.6) is 0 Å². The summed E-state index contributed by atoms with van der Waals surface area (Å²) >= 11 is 0. The molecule has 0 radical (unpaired) electrons. The zero-order valence-electron chi connectivity index (χ0n) is 11.5. The summed E-state index contributed by atoms with van der Waals surface area (Å²) in [4.78, 5) is 0. The second-order valence-electron chi connectivity index (χ2n) is 4.86. The summed E-state index contributed by atoms with van der Waals surface area (Å²) in [6, 6.07) is 5.55. The molecular formula is C13H21N3O2S. The first-order chi connectivity index (χ1) is 8.98. The molecule has 6 heteroatoms. The van der Waals surface area contributed by atoms with Crippen LogP contribution >= 0.6 is 0 Å². The molecule has 5 nitrogen and oxygen atoms in total. The molecule has 19 heavy (non-hydrogen) atoms. The third-order valence-corrected chi connectivity index (χ3v) is 5.38.